The fraction of sp³-hybridized carbons (Fsp3) is 0.727. The molecule has 86 valence electrons. The molecule has 4 heteroatoms. The minimum atomic E-state index is -0.144. The number of rotatable bonds is 5. The highest BCUT2D eigenvalue weighted by atomic mass is 16.5. The van der Waals surface area contributed by atoms with Crippen LogP contribution in [0.25, 0.3) is 0 Å². The van der Waals surface area contributed by atoms with Crippen molar-refractivity contribution in [2.45, 2.75) is 46.4 Å². The third-order valence-corrected chi connectivity index (χ3v) is 1.78. The lowest BCUT2D eigenvalue weighted by Gasteiger charge is -2.18. The Morgan fingerprint density at radius 3 is 2.80 bits per heavy atom. The number of oxazole rings is 1. The van der Waals surface area contributed by atoms with Crippen LogP contribution in [-0.4, -0.2) is 17.1 Å². The Morgan fingerprint density at radius 1 is 1.47 bits per heavy atom. The zero-order valence-corrected chi connectivity index (χ0v) is 9.96. The molecule has 0 aliphatic rings. The standard InChI is InChI=1S/C11H20N2O2/c1-5-12-7-10-13-6-9(15-10)8-14-11(2,3)4/h6,12H,5,7-8H2,1-4H3. The lowest BCUT2D eigenvalue weighted by Crippen LogP contribution is -2.18. The van der Waals surface area contributed by atoms with Crippen molar-refractivity contribution < 1.29 is 9.15 Å². The van der Waals surface area contributed by atoms with Gasteiger partial charge in [0.05, 0.1) is 18.3 Å². The maximum absolute atomic E-state index is 5.58. The van der Waals surface area contributed by atoms with Gasteiger partial charge in [-0.2, -0.15) is 0 Å². The Morgan fingerprint density at radius 2 is 2.20 bits per heavy atom. The SMILES string of the molecule is CCNCc1ncc(COC(C)(C)C)o1. The van der Waals surface area contributed by atoms with E-state index in [-0.39, 0.29) is 5.60 Å². The van der Waals surface area contributed by atoms with Gasteiger partial charge in [0.2, 0.25) is 5.89 Å². The molecule has 1 rings (SSSR count). The van der Waals surface area contributed by atoms with Crippen LogP contribution in [0, 0.1) is 0 Å². The Bertz CT molecular complexity index is 289. The summed E-state index contributed by atoms with van der Waals surface area (Å²) in [5.41, 5.74) is -0.144. The van der Waals surface area contributed by atoms with E-state index in [9.17, 15) is 0 Å². The third-order valence-electron chi connectivity index (χ3n) is 1.78. The lowest BCUT2D eigenvalue weighted by atomic mass is 10.2. The molecule has 0 aliphatic heterocycles. The van der Waals surface area contributed by atoms with Gasteiger partial charge in [-0.1, -0.05) is 6.92 Å². The smallest absolute Gasteiger partial charge is 0.208 e. The second-order valence-electron chi connectivity index (χ2n) is 4.40. The van der Waals surface area contributed by atoms with E-state index < -0.39 is 0 Å². The van der Waals surface area contributed by atoms with Gasteiger partial charge in [-0.15, -0.1) is 0 Å². The zero-order valence-electron chi connectivity index (χ0n) is 9.96. The fourth-order valence-corrected chi connectivity index (χ4v) is 1.02. The van der Waals surface area contributed by atoms with Crippen LogP contribution < -0.4 is 5.32 Å². The first-order valence-corrected chi connectivity index (χ1v) is 5.29. The van der Waals surface area contributed by atoms with Crippen LogP contribution in [0.1, 0.15) is 39.3 Å². The van der Waals surface area contributed by atoms with E-state index >= 15 is 0 Å². The molecule has 0 saturated heterocycles. The first kappa shape index (κ1) is 12.2. The summed E-state index contributed by atoms with van der Waals surface area (Å²) in [7, 11) is 0. The van der Waals surface area contributed by atoms with E-state index in [1.165, 1.54) is 0 Å². The summed E-state index contributed by atoms with van der Waals surface area (Å²) in [5.74, 6) is 1.49. The predicted octanol–water partition coefficient (Wildman–Crippen LogP) is 2.10. The van der Waals surface area contributed by atoms with Crippen LogP contribution in [0.3, 0.4) is 0 Å². The van der Waals surface area contributed by atoms with Gasteiger partial charge in [-0.3, -0.25) is 0 Å². The van der Waals surface area contributed by atoms with Crippen molar-refractivity contribution in [1.29, 1.82) is 0 Å². The minimum Gasteiger partial charge on any atom is -0.442 e. The van der Waals surface area contributed by atoms with Gasteiger partial charge in [-0.05, 0) is 27.3 Å². The monoisotopic (exact) mass is 212 g/mol. The molecule has 4 nitrogen and oxygen atoms in total. The molecule has 1 aromatic rings. The molecular formula is C11H20N2O2. The van der Waals surface area contributed by atoms with Crippen LogP contribution in [0.2, 0.25) is 0 Å². The molecule has 1 N–H and O–H groups in total. The maximum Gasteiger partial charge on any atom is 0.208 e. The molecule has 0 fully saturated rings. The first-order chi connectivity index (χ1) is 7.01. The van der Waals surface area contributed by atoms with Crippen LogP contribution in [0.15, 0.2) is 10.6 Å². The van der Waals surface area contributed by atoms with E-state index in [0.29, 0.717) is 19.0 Å². The zero-order chi connectivity index (χ0) is 11.3. The number of ether oxygens (including phenoxy) is 1. The molecule has 0 saturated carbocycles. The summed E-state index contributed by atoms with van der Waals surface area (Å²) in [4.78, 5) is 4.15. The number of hydrogen-bond acceptors (Lipinski definition) is 4. The summed E-state index contributed by atoms with van der Waals surface area (Å²) in [6.07, 6.45) is 1.72. The van der Waals surface area contributed by atoms with Crippen LogP contribution >= 0.6 is 0 Å². The van der Waals surface area contributed by atoms with Crippen molar-refractivity contribution >= 4 is 0 Å². The first-order valence-electron chi connectivity index (χ1n) is 5.29. The van der Waals surface area contributed by atoms with Crippen LogP contribution in [0.5, 0.6) is 0 Å². The molecule has 0 unspecified atom stereocenters. The van der Waals surface area contributed by atoms with Crippen molar-refractivity contribution in [3.63, 3.8) is 0 Å². The third kappa shape index (κ3) is 4.95. The van der Waals surface area contributed by atoms with Gasteiger partial charge in [0.1, 0.15) is 12.4 Å². The summed E-state index contributed by atoms with van der Waals surface area (Å²) in [5, 5.41) is 3.15. The number of hydrogen-bond donors (Lipinski definition) is 1. The normalized spacial score (nSPS) is 12.0. The molecule has 15 heavy (non-hydrogen) atoms. The summed E-state index contributed by atoms with van der Waals surface area (Å²) in [6, 6.07) is 0. The molecule has 1 heterocycles. The van der Waals surface area contributed by atoms with Gasteiger partial charge in [0, 0.05) is 0 Å². The van der Waals surface area contributed by atoms with Crippen molar-refractivity contribution in [1.82, 2.24) is 10.3 Å². The Labute approximate surface area is 91.0 Å². The average Bonchev–Trinajstić information content (AvgIpc) is 2.58. The summed E-state index contributed by atoms with van der Waals surface area (Å²) >= 11 is 0. The predicted molar refractivity (Wildman–Crippen MR) is 58.4 cm³/mol. The molecule has 0 bridgehead atoms. The maximum atomic E-state index is 5.58. The van der Waals surface area contributed by atoms with Crippen molar-refractivity contribution in [2.75, 3.05) is 6.54 Å². The second kappa shape index (κ2) is 5.28. The lowest BCUT2D eigenvalue weighted by molar-refractivity contribution is -0.0227. The summed E-state index contributed by atoms with van der Waals surface area (Å²) < 4.78 is 11.1. The van der Waals surface area contributed by atoms with Gasteiger partial charge in [0.15, 0.2) is 0 Å². The highest BCUT2D eigenvalue weighted by molar-refractivity contribution is 4.92. The molecule has 0 amide bonds. The van der Waals surface area contributed by atoms with E-state index in [1.54, 1.807) is 6.20 Å². The molecule has 0 atom stereocenters. The van der Waals surface area contributed by atoms with E-state index in [2.05, 4.69) is 10.3 Å². The van der Waals surface area contributed by atoms with Gasteiger partial charge in [-0.25, -0.2) is 4.98 Å². The summed E-state index contributed by atoms with van der Waals surface area (Å²) in [6.45, 7) is 10.2. The Hall–Kier alpha value is -0.870. The Kier molecular flexibility index (Phi) is 4.29. The highest BCUT2D eigenvalue weighted by Gasteiger charge is 2.12. The molecular weight excluding hydrogens is 192 g/mol. The Balaban J connectivity index is 2.39. The van der Waals surface area contributed by atoms with Gasteiger partial charge < -0.3 is 14.5 Å². The number of nitrogens with zero attached hydrogens (tertiary/aromatic N) is 1. The molecule has 0 spiro atoms. The van der Waals surface area contributed by atoms with E-state index in [4.69, 9.17) is 9.15 Å². The molecule has 1 aromatic heterocycles. The highest BCUT2D eigenvalue weighted by Crippen LogP contribution is 2.12. The average molecular weight is 212 g/mol. The number of nitrogens with one attached hydrogen (secondary N) is 1. The largest absolute Gasteiger partial charge is 0.442 e. The quantitative estimate of drug-likeness (QED) is 0.812. The van der Waals surface area contributed by atoms with Crippen molar-refractivity contribution in [2.24, 2.45) is 0 Å². The molecule has 0 radical (unpaired) electrons. The molecule has 0 aliphatic carbocycles. The molecule has 0 aromatic carbocycles. The minimum absolute atomic E-state index is 0.144. The second-order valence-corrected chi connectivity index (χ2v) is 4.40. The van der Waals surface area contributed by atoms with Gasteiger partial charge >= 0.3 is 0 Å². The van der Waals surface area contributed by atoms with E-state index in [0.717, 1.165) is 12.3 Å². The van der Waals surface area contributed by atoms with Crippen LogP contribution in [-0.2, 0) is 17.9 Å². The fourth-order valence-electron chi connectivity index (χ4n) is 1.02. The van der Waals surface area contributed by atoms with Crippen LogP contribution in [0.4, 0.5) is 0 Å². The van der Waals surface area contributed by atoms with Crippen molar-refractivity contribution in [3.8, 4) is 0 Å². The van der Waals surface area contributed by atoms with Crippen molar-refractivity contribution in [3.05, 3.63) is 17.8 Å². The topological polar surface area (TPSA) is 47.3 Å². The number of aromatic nitrogens is 1. The van der Waals surface area contributed by atoms with E-state index in [1.807, 2.05) is 27.7 Å². The van der Waals surface area contributed by atoms with Gasteiger partial charge in [0.25, 0.3) is 0 Å².